The van der Waals surface area contributed by atoms with Gasteiger partial charge in [0.15, 0.2) is 0 Å². The van der Waals surface area contributed by atoms with Crippen LogP contribution in [0.5, 0.6) is 0 Å². The molecule has 6 heavy (non-hydrogen) atoms. The molecule has 0 aromatic heterocycles. The van der Waals surface area contributed by atoms with Crippen LogP contribution in [-0.4, -0.2) is 0 Å². The van der Waals surface area contributed by atoms with Gasteiger partial charge in [-0.25, -0.2) is 0 Å². The van der Waals surface area contributed by atoms with Crippen LogP contribution in [-0.2, 0) is 0 Å². The summed E-state index contributed by atoms with van der Waals surface area (Å²) in [6.45, 7) is 1.98. The highest BCUT2D eigenvalue weighted by molar-refractivity contribution is 9.11. The maximum Gasteiger partial charge on any atom is -0.0189 e. The molecule has 0 aromatic carbocycles. The van der Waals surface area contributed by atoms with Crippen molar-refractivity contribution in [1.29, 1.82) is 0 Å². The Morgan fingerprint density at radius 3 is 2.17 bits per heavy atom. The Morgan fingerprint density at radius 1 is 1.33 bits per heavy atom. The monoisotopic (exact) mass is 146 g/mol. The van der Waals surface area contributed by atoms with E-state index in [0.29, 0.717) is 0 Å². The number of halogens is 1. The lowest BCUT2D eigenvalue weighted by atomic mass is 10.5. The van der Waals surface area contributed by atoms with Crippen LogP contribution in [0, 0.1) is 0 Å². The zero-order chi connectivity index (χ0) is 4.83. The van der Waals surface area contributed by atoms with Crippen LogP contribution in [0.1, 0.15) is 6.92 Å². The summed E-state index contributed by atoms with van der Waals surface area (Å²) in [4.78, 5) is 1.81. The van der Waals surface area contributed by atoms with E-state index >= 15 is 0 Å². The van der Waals surface area contributed by atoms with Crippen LogP contribution in [0.4, 0.5) is 0 Å². The quantitative estimate of drug-likeness (QED) is 0.499. The van der Waals surface area contributed by atoms with Crippen molar-refractivity contribution in [2.75, 3.05) is 0 Å². The molecule has 0 aliphatic rings. The van der Waals surface area contributed by atoms with Gasteiger partial charge in [0, 0.05) is 0 Å². The van der Waals surface area contributed by atoms with Gasteiger partial charge in [0.05, 0.1) is 0 Å². The second-order valence-electron chi connectivity index (χ2n) is 0.844. The number of rotatable bonds is 1. The molecule has 0 N–H and O–H groups in total. The Balaban J connectivity index is 3.07. The van der Waals surface area contributed by atoms with Gasteiger partial charge in [-0.15, -0.1) is 0 Å². The lowest BCUT2D eigenvalue weighted by Gasteiger charge is -1.61. The predicted octanol–water partition coefficient (Wildman–Crippen LogP) is 2.47. The minimum atomic E-state index is 1.81. The third kappa shape index (κ3) is 3.96. The fraction of sp³-hybridized carbons (Fsp3) is 0.200. The van der Waals surface area contributed by atoms with E-state index in [0.717, 1.165) is 0 Å². The van der Waals surface area contributed by atoms with Crippen molar-refractivity contribution in [3.63, 3.8) is 0 Å². The van der Waals surface area contributed by atoms with Crippen LogP contribution in [0.2, 0.25) is 0 Å². The Labute approximate surface area is 46.7 Å². The van der Waals surface area contributed by atoms with Crippen LogP contribution >= 0.6 is 15.9 Å². The average Bonchev–Trinajstić information content (AvgIpc) is 1.61. The molecule has 0 saturated carbocycles. The van der Waals surface area contributed by atoms with Crippen molar-refractivity contribution in [2.24, 2.45) is 0 Å². The average molecular weight is 147 g/mol. The SMILES string of the molecule is C/C=C/C=C/Br. The minimum Gasteiger partial charge on any atom is -0.0876 e. The molecule has 0 aliphatic carbocycles. The van der Waals surface area contributed by atoms with Gasteiger partial charge in [0.2, 0.25) is 0 Å². The Morgan fingerprint density at radius 2 is 2.00 bits per heavy atom. The van der Waals surface area contributed by atoms with Gasteiger partial charge < -0.3 is 0 Å². The first kappa shape index (κ1) is 5.96. The summed E-state index contributed by atoms with van der Waals surface area (Å²) >= 11 is 3.12. The Kier molecular flexibility index (Phi) is 4.93. The summed E-state index contributed by atoms with van der Waals surface area (Å²) in [5, 5.41) is 0. The summed E-state index contributed by atoms with van der Waals surface area (Å²) in [7, 11) is 0. The fourth-order valence-electron chi connectivity index (χ4n) is 0.153. The maximum atomic E-state index is 3.12. The molecule has 0 radical (unpaired) electrons. The zero-order valence-corrected chi connectivity index (χ0v) is 5.27. The fourth-order valence-corrected chi connectivity index (χ4v) is 0.329. The molecule has 1 heteroatoms. The summed E-state index contributed by atoms with van der Waals surface area (Å²) in [6.07, 6.45) is 5.84. The molecule has 0 heterocycles. The van der Waals surface area contributed by atoms with E-state index in [1.54, 1.807) is 0 Å². The molecule has 0 bridgehead atoms. The van der Waals surface area contributed by atoms with Crippen molar-refractivity contribution >= 4 is 15.9 Å². The highest BCUT2D eigenvalue weighted by atomic mass is 79.9. The van der Waals surface area contributed by atoms with Crippen molar-refractivity contribution in [1.82, 2.24) is 0 Å². The van der Waals surface area contributed by atoms with Crippen molar-refractivity contribution in [2.45, 2.75) is 6.92 Å². The largest absolute Gasteiger partial charge is 0.0876 e. The smallest absolute Gasteiger partial charge is 0.0189 e. The number of hydrogen-bond acceptors (Lipinski definition) is 0. The molecule has 0 aliphatic heterocycles. The first-order valence-corrected chi connectivity index (χ1v) is 2.71. The number of hydrogen-bond donors (Lipinski definition) is 0. The lowest BCUT2D eigenvalue weighted by Crippen LogP contribution is -1.37. The van der Waals surface area contributed by atoms with Crippen molar-refractivity contribution in [3.05, 3.63) is 23.2 Å². The van der Waals surface area contributed by atoms with Crippen LogP contribution in [0.25, 0.3) is 0 Å². The van der Waals surface area contributed by atoms with E-state index in [1.807, 2.05) is 30.1 Å². The van der Waals surface area contributed by atoms with E-state index in [1.165, 1.54) is 0 Å². The van der Waals surface area contributed by atoms with Gasteiger partial charge in [-0.2, -0.15) is 0 Å². The second kappa shape index (κ2) is 4.96. The highest BCUT2D eigenvalue weighted by Crippen LogP contribution is 1.81. The number of allylic oxidation sites excluding steroid dienone is 3. The van der Waals surface area contributed by atoms with E-state index in [2.05, 4.69) is 15.9 Å². The van der Waals surface area contributed by atoms with Gasteiger partial charge in [0.25, 0.3) is 0 Å². The molecule has 0 amide bonds. The van der Waals surface area contributed by atoms with Gasteiger partial charge in [-0.05, 0) is 11.9 Å². The molecule has 0 aromatic rings. The summed E-state index contributed by atoms with van der Waals surface area (Å²) < 4.78 is 0. The molecule has 0 fully saturated rings. The molecule has 34 valence electrons. The molecular formula is C5H7Br. The first-order valence-electron chi connectivity index (χ1n) is 1.80. The third-order valence-corrected chi connectivity index (χ3v) is 0.682. The first-order chi connectivity index (χ1) is 2.91. The van der Waals surface area contributed by atoms with Crippen LogP contribution < -0.4 is 0 Å². The molecule has 0 nitrogen and oxygen atoms in total. The summed E-state index contributed by atoms with van der Waals surface area (Å²) in [6, 6.07) is 0. The molecule has 0 spiro atoms. The maximum absolute atomic E-state index is 3.12. The van der Waals surface area contributed by atoms with Gasteiger partial charge in [0.1, 0.15) is 0 Å². The van der Waals surface area contributed by atoms with Crippen molar-refractivity contribution < 1.29 is 0 Å². The molecule has 0 saturated heterocycles. The summed E-state index contributed by atoms with van der Waals surface area (Å²) in [5.41, 5.74) is 0. The lowest BCUT2D eigenvalue weighted by molar-refractivity contribution is 1.74. The molecule has 0 atom stereocenters. The van der Waals surface area contributed by atoms with Crippen molar-refractivity contribution in [3.8, 4) is 0 Å². The third-order valence-electron chi connectivity index (χ3n) is 0.376. The van der Waals surface area contributed by atoms with Gasteiger partial charge in [-0.3, -0.25) is 0 Å². The minimum absolute atomic E-state index is 1.81. The van der Waals surface area contributed by atoms with Gasteiger partial charge in [-0.1, -0.05) is 34.2 Å². The highest BCUT2D eigenvalue weighted by Gasteiger charge is 1.50. The van der Waals surface area contributed by atoms with E-state index in [9.17, 15) is 0 Å². The van der Waals surface area contributed by atoms with E-state index in [-0.39, 0.29) is 0 Å². The van der Waals surface area contributed by atoms with Gasteiger partial charge >= 0.3 is 0 Å². The zero-order valence-electron chi connectivity index (χ0n) is 3.69. The van der Waals surface area contributed by atoms with Crippen LogP contribution in [0.15, 0.2) is 23.2 Å². The second-order valence-corrected chi connectivity index (χ2v) is 1.37. The normalized spacial score (nSPS) is 11.7. The predicted molar refractivity (Wildman–Crippen MR) is 32.9 cm³/mol. The Hall–Kier alpha value is -0.0400. The van der Waals surface area contributed by atoms with E-state index < -0.39 is 0 Å². The van der Waals surface area contributed by atoms with Crippen LogP contribution in [0.3, 0.4) is 0 Å². The van der Waals surface area contributed by atoms with E-state index in [4.69, 9.17) is 0 Å². The molecular weight excluding hydrogens is 140 g/mol. The topological polar surface area (TPSA) is 0 Å². The Bertz CT molecular complexity index is 52.3. The standard InChI is InChI=1S/C5H7Br/c1-2-3-4-5-6/h2-5H,1H3/b3-2+,5-4+. The molecule has 0 rings (SSSR count). The summed E-state index contributed by atoms with van der Waals surface area (Å²) in [5.74, 6) is 0. The molecule has 0 unspecified atom stereocenters.